The largest absolute Gasteiger partial charge is 0.403 e. The van der Waals surface area contributed by atoms with Crippen molar-refractivity contribution in [1.29, 1.82) is 5.26 Å². The molecule has 6 heteroatoms. The lowest BCUT2D eigenvalue weighted by molar-refractivity contribution is -0.116. The molecule has 0 saturated heterocycles. The summed E-state index contributed by atoms with van der Waals surface area (Å²) in [6.45, 7) is 0. The number of primary amides is 1. The van der Waals surface area contributed by atoms with Crippen LogP contribution < -0.4 is 16.8 Å². The van der Waals surface area contributed by atoms with Crippen molar-refractivity contribution in [3.05, 3.63) is 11.8 Å². The van der Waals surface area contributed by atoms with Gasteiger partial charge in [0.2, 0.25) is 0 Å². The summed E-state index contributed by atoms with van der Waals surface area (Å²) in [4.78, 5) is 20.7. The highest BCUT2D eigenvalue weighted by molar-refractivity contribution is 6.05. The van der Waals surface area contributed by atoms with Gasteiger partial charge in [0.15, 0.2) is 0 Å². The lowest BCUT2D eigenvalue weighted by atomic mass is 10.3. The predicted molar refractivity (Wildman–Crippen MR) is 35.6 cm³/mol. The molecule has 0 rings (SSSR count). The Kier molecular flexibility index (Phi) is 3.18. The number of hydrogen-bond acceptors (Lipinski definition) is 4. The molecule has 0 aliphatic carbocycles. The minimum absolute atomic E-state index is 0.358. The van der Waals surface area contributed by atoms with Crippen LogP contribution in [0, 0.1) is 11.3 Å². The Morgan fingerprint density at radius 3 is 2.36 bits per heavy atom. The molecule has 0 saturated carbocycles. The van der Waals surface area contributed by atoms with Crippen molar-refractivity contribution in [2.24, 2.45) is 11.5 Å². The molecule has 0 fully saturated rings. The molecule has 0 aromatic carbocycles. The minimum Gasteiger partial charge on any atom is -0.403 e. The summed E-state index contributed by atoms with van der Waals surface area (Å²) in [5.41, 5.74) is 9.10. The number of amides is 3. The number of nitriles is 1. The van der Waals surface area contributed by atoms with Crippen LogP contribution in [-0.2, 0) is 4.79 Å². The maximum Gasteiger partial charge on any atom is 0.319 e. The van der Waals surface area contributed by atoms with Crippen LogP contribution in [0.25, 0.3) is 0 Å². The van der Waals surface area contributed by atoms with Gasteiger partial charge in [-0.15, -0.1) is 0 Å². The average Bonchev–Trinajstić information content (AvgIpc) is 1.88. The lowest BCUT2D eigenvalue weighted by Gasteiger charge is -1.95. The first kappa shape index (κ1) is 8.97. The maximum atomic E-state index is 10.6. The molecule has 0 atom stereocenters. The van der Waals surface area contributed by atoms with Gasteiger partial charge >= 0.3 is 6.03 Å². The van der Waals surface area contributed by atoms with Gasteiger partial charge in [-0.3, -0.25) is 10.1 Å². The Morgan fingerprint density at radius 2 is 2.09 bits per heavy atom. The molecule has 0 bridgehead atoms. The molecule has 0 radical (unpaired) electrons. The number of carbonyl (C=O) groups is 2. The van der Waals surface area contributed by atoms with Gasteiger partial charge in [-0.1, -0.05) is 0 Å². The van der Waals surface area contributed by atoms with Crippen LogP contribution in [0.15, 0.2) is 11.8 Å². The fraction of sp³-hybridized carbons (Fsp3) is 0. The van der Waals surface area contributed by atoms with Crippen LogP contribution >= 0.6 is 0 Å². The van der Waals surface area contributed by atoms with E-state index in [1.165, 1.54) is 6.07 Å². The third-order valence-electron chi connectivity index (χ3n) is 0.768. The topological polar surface area (TPSA) is 122 Å². The normalized spacial score (nSPS) is 9.91. The number of rotatable bonds is 1. The van der Waals surface area contributed by atoms with Gasteiger partial charge in [-0.05, 0) is 0 Å². The fourth-order valence-electron chi connectivity index (χ4n) is 0.343. The van der Waals surface area contributed by atoms with E-state index >= 15 is 0 Å². The van der Waals surface area contributed by atoms with Gasteiger partial charge in [0, 0.05) is 6.20 Å². The van der Waals surface area contributed by atoms with Crippen molar-refractivity contribution in [3.8, 4) is 6.07 Å². The fourth-order valence-corrected chi connectivity index (χ4v) is 0.343. The summed E-state index contributed by atoms with van der Waals surface area (Å²) in [6, 6.07) is 0.450. The van der Waals surface area contributed by atoms with E-state index in [1.54, 1.807) is 5.32 Å². The summed E-state index contributed by atoms with van der Waals surface area (Å²) in [5, 5.41) is 9.87. The molecule has 0 aliphatic heterocycles. The van der Waals surface area contributed by atoms with E-state index in [9.17, 15) is 9.59 Å². The van der Waals surface area contributed by atoms with E-state index in [0.29, 0.717) is 0 Å². The highest BCUT2D eigenvalue weighted by atomic mass is 16.2. The SMILES string of the molecule is N#CC(=CN)C(=O)NC(N)=O. The highest BCUT2D eigenvalue weighted by Crippen LogP contribution is 1.86. The predicted octanol–water partition coefficient (Wildman–Crippen LogP) is -1.45. The van der Waals surface area contributed by atoms with E-state index < -0.39 is 11.9 Å². The van der Waals surface area contributed by atoms with Gasteiger partial charge in [0.05, 0.1) is 0 Å². The van der Waals surface area contributed by atoms with Crippen LogP contribution in [-0.4, -0.2) is 11.9 Å². The Balaban J connectivity index is 4.28. The van der Waals surface area contributed by atoms with Crippen molar-refractivity contribution in [2.45, 2.75) is 0 Å². The quantitative estimate of drug-likeness (QED) is 0.315. The van der Waals surface area contributed by atoms with Crippen molar-refractivity contribution >= 4 is 11.9 Å². The van der Waals surface area contributed by atoms with E-state index in [4.69, 9.17) is 11.0 Å². The zero-order valence-corrected chi connectivity index (χ0v) is 5.50. The van der Waals surface area contributed by atoms with Crippen molar-refractivity contribution < 1.29 is 9.59 Å². The summed E-state index contributed by atoms with van der Waals surface area (Å²) >= 11 is 0. The molecule has 0 heterocycles. The molecule has 3 amide bonds. The standard InChI is InChI=1S/C5H6N4O2/c6-1-3(2-7)4(10)9-5(8)11/h1H,6H2,(H3,8,9,10,11). The van der Waals surface area contributed by atoms with Gasteiger partial charge in [-0.25, -0.2) is 4.79 Å². The second-order valence-corrected chi connectivity index (χ2v) is 1.51. The number of imide groups is 1. The van der Waals surface area contributed by atoms with Gasteiger partial charge in [0.1, 0.15) is 11.6 Å². The van der Waals surface area contributed by atoms with Gasteiger partial charge in [0.25, 0.3) is 5.91 Å². The first-order valence-corrected chi connectivity index (χ1v) is 2.54. The summed E-state index contributed by atoms with van der Waals surface area (Å²) < 4.78 is 0. The van der Waals surface area contributed by atoms with E-state index in [2.05, 4.69) is 5.73 Å². The Bertz CT molecular complexity index is 250. The van der Waals surface area contributed by atoms with Crippen molar-refractivity contribution in [2.75, 3.05) is 0 Å². The molecule has 0 aromatic heterocycles. The molecule has 0 unspecified atom stereocenters. The molecule has 0 aliphatic rings. The monoisotopic (exact) mass is 154 g/mol. The second kappa shape index (κ2) is 3.90. The first-order chi connectivity index (χ1) is 5.11. The number of nitrogens with one attached hydrogen (secondary N) is 1. The first-order valence-electron chi connectivity index (χ1n) is 2.54. The van der Waals surface area contributed by atoms with E-state index in [0.717, 1.165) is 6.20 Å². The van der Waals surface area contributed by atoms with Crippen LogP contribution in [0.3, 0.4) is 0 Å². The molecule has 0 spiro atoms. The molecular weight excluding hydrogens is 148 g/mol. The zero-order valence-electron chi connectivity index (χ0n) is 5.50. The molecular formula is C5H6N4O2. The van der Waals surface area contributed by atoms with Crippen LogP contribution in [0.1, 0.15) is 0 Å². The van der Waals surface area contributed by atoms with Gasteiger partial charge < -0.3 is 11.5 Å². The second-order valence-electron chi connectivity index (χ2n) is 1.51. The molecule has 0 aromatic rings. The molecule has 6 nitrogen and oxygen atoms in total. The number of urea groups is 1. The summed E-state index contributed by atoms with van der Waals surface area (Å²) in [5.74, 6) is -0.900. The van der Waals surface area contributed by atoms with Crippen molar-refractivity contribution in [3.63, 3.8) is 0 Å². The average molecular weight is 154 g/mol. The Morgan fingerprint density at radius 1 is 1.55 bits per heavy atom. The van der Waals surface area contributed by atoms with E-state index in [-0.39, 0.29) is 5.57 Å². The van der Waals surface area contributed by atoms with Crippen molar-refractivity contribution in [1.82, 2.24) is 5.32 Å². The number of nitrogens with two attached hydrogens (primary N) is 2. The minimum atomic E-state index is -1.02. The summed E-state index contributed by atoms with van der Waals surface area (Å²) in [7, 11) is 0. The Labute approximate surface area is 62.5 Å². The maximum absolute atomic E-state index is 10.6. The smallest absolute Gasteiger partial charge is 0.319 e. The number of carbonyl (C=O) groups excluding carboxylic acids is 2. The van der Waals surface area contributed by atoms with Gasteiger partial charge in [-0.2, -0.15) is 5.26 Å². The third kappa shape index (κ3) is 2.86. The lowest BCUT2D eigenvalue weighted by Crippen LogP contribution is -2.35. The van der Waals surface area contributed by atoms with Crippen LogP contribution in [0.4, 0.5) is 4.79 Å². The molecule has 58 valence electrons. The highest BCUT2D eigenvalue weighted by Gasteiger charge is 2.08. The Hall–Kier alpha value is -2.03. The summed E-state index contributed by atoms with van der Waals surface area (Å²) in [6.07, 6.45) is 0.790. The molecule has 5 N–H and O–H groups in total. The third-order valence-corrected chi connectivity index (χ3v) is 0.768. The molecule has 11 heavy (non-hydrogen) atoms. The number of nitrogens with zero attached hydrogens (tertiary/aromatic N) is 1. The van der Waals surface area contributed by atoms with E-state index in [1.807, 2.05) is 0 Å². The van der Waals surface area contributed by atoms with Crippen LogP contribution in [0.5, 0.6) is 0 Å². The number of hydrogen-bond donors (Lipinski definition) is 3. The zero-order chi connectivity index (χ0) is 8.85. The van der Waals surface area contributed by atoms with Crippen LogP contribution in [0.2, 0.25) is 0 Å².